The van der Waals surface area contributed by atoms with Gasteiger partial charge in [-0.3, -0.25) is 0 Å². The quantitative estimate of drug-likeness (QED) is 0.641. The first-order chi connectivity index (χ1) is 8.40. The lowest BCUT2D eigenvalue weighted by Gasteiger charge is -2.10. The van der Waals surface area contributed by atoms with Crippen molar-refractivity contribution in [2.24, 2.45) is 0 Å². The molecule has 1 aromatic carbocycles. The average Bonchev–Trinajstić information content (AvgIpc) is 2.59. The molecule has 0 saturated heterocycles. The van der Waals surface area contributed by atoms with E-state index in [4.69, 9.17) is 9.47 Å². The van der Waals surface area contributed by atoms with E-state index in [9.17, 15) is 0 Å². The fourth-order valence-corrected chi connectivity index (χ4v) is 1.67. The van der Waals surface area contributed by atoms with Crippen LogP contribution >= 0.6 is 0 Å². The summed E-state index contributed by atoms with van der Waals surface area (Å²) < 4.78 is 11.2. The minimum Gasteiger partial charge on any atom is -0.490 e. The van der Waals surface area contributed by atoms with Gasteiger partial charge in [-0.1, -0.05) is 0 Å². The van der Waals surface area contributed by atoms with E-state index >= 15 is 0 Å². The van der Waals surface area contributed by atoms with E-state index in [1.54, 1.807) is 0 Å². The SMILES string of the molecule is CC#CCCNc1ccc2c(c1)OCCCO2. The molecule has 0 spiro atoms. The molecular weight excluding hydrogens is 214 g/mol. The van der Waals surface area contributed by atoms with Crippen LogP contribution in [0.3, 0.4) is 0 Å². The van der Waals surface area contributed by atoms with Gasteiger partial charge in [-0.2, -0.15) is 0 Å². The van der Waals surface area contributed by atoms with Crippen LogP contribution in [0.1, 0.15) is 19.8 Å². The molecule has 1 heterocycles. The van der Waals surface area contributed by atoms with Crippen LogP contribution in [0.5, 0.6) is 11.5 Å². The van der Waals surface area contributed by atoms with E-state index in [0.717, 1.165) is 49.8 Å². The van der Waals surface area contributed by atoms with Gasteiger partial charge in [0.25, 0.3) is 0 Å². The third-order valence-electron chi connectivity index (χ3n) is 2.50. The first kappa shape index (κ1) is 11.7. The van der Waals surface area contributed by atoms with Crippen molar-refractivity contribution in [3.05, 3.63) is 18.2 Å². The summed E-state index contributed by atoms with van der Waals surface area (Å²) in [6.45, 7) is 4.15. The van der Waals surface area contributed by atoms with Crippen LogP contribution < -0.4 is 14.8 Å². The largest absolute Gasteiger partial charge is 0.490 e. The Morgan fingerprint density at radius 3 is 2.88 bits per heavy atom. The first-order valence-corrected chi connectivity index (χ1v) is 5.93. The molecule has 0 saturated carbocycles. The number of ether oxygens (including phenoxy) is 2. The molecule has 0 aromatic heterocycles. The van der Waals surface area contributed by atoms with E-state index in [1.165, 1.54) is 0 Å². The van der Waals surface area contributed by atoms with Crippen LogP contribution in [0, 0.1) is 11.8 Å². The summed E-state index contributed by atoms with van der Waals surface area (Å²) in [5.41, 5.74) is 1.05. The van der Waals surface area contributed by atoms with Crippen molar-refractivity contribution in [1.82, 2.24) is 0 Å². The zero-order chi connectivity index (χ0) is 11.9. The van der Waals surface area contributed by atoms with E-state index in [2.05, 4.69) is 17.2 Å². The van der Waals surface area contributed by atoms with E-state index in [1.807, 2.05) is 25.1 Å². The van der Waals surface area contributed by atoms with Gasteiger partial charge in [-0.25, -0.2) is 0 Å². The molecule has 2 rings (SSSR count). The highest BCUT2D eigenvalue weighted by molar-refractivity contribution is 5.55. The fourth-order valence-electron chi connectivity index (χ4n) is 1.67. The van der Waals surface area contributed by atoms with E-state index in [0.29, 0.717) is 0 Å². The van der Waals surface area contributed by atoms with Gasteiger partial charge in [0, 0.05) is 31.1 Å². The lowest BCUT2D eigenvalue weighted by atomic mass is 10.2. The molecule has 1 aliphatic heterocycles. The Bertz CT molecular complexity index is 432. The Balaban J connectivity index is 1.99. The van der Waals surface area contributed by atoms with Crippen molar-refractivity contribution >= 4 is 5.69 Å². The molecular formula is C14H17NO2. The molecule has 1 N–H and O–H groups in total. The van der Waals surface area contributed by atoms with Gasteiger partial charge in [-0.05, 0) is 19.1 Å². The zero-order valence-corrected chi connectivity index (χ0v) is 10.1. The normalized spacial score (nSPS) is 13.2. The average molecular weight is 231 g/mol. The van der Waals surface area contributed by atoms with Crippen LogP contribution in [0.4, 0.5) is 5.69 Å². The number of rotatable bonds is 3. The van der Waals surface area contributed by atoms with Crippen LogP contribution in [0.15, 0.2) is 18.2 Å². The minimum atomic E-state index is 0.720. The predicted octanol–water partition coefficient (Wildman–Crippen LogP) is 2.67. The van der Waals surface area contributed by atoms with Crippen molar-refractivity contribution in [2.75, 3.05) is 25.1 Å². The van der Waals surface area contributed by atoms with Crippen LogP contribution in [0.2, 0.25) is 0 Å². The maximum absolute atomic E-state index is 5.62. The third kappa shape index (κ3) is 3.32. The highest BCUT2D eigenvalue weighted by atomic mass is 16.5. The second-order valence-electron chi connectivity index (χ2n) is 3.82. The molecule has 0 fully saturated rings. The standard InChI is InChI=1S/C14H17NO2/c1-2-3-4-8-15-12-6-7-13-14(11-12)17-10-5-9-16-13/h6-7,11,15H,4-5,8-10H2,1H3. The number of hydrogen-bond acceptors (Lipinski definition) is 3. The molecule has 17 heavy (non-hydrogen) atoms. The lowest BCUT2D eigenvalue weighted by Crippen LogP contribution is -2.01. The molecule has 0 unspecified atom stereocenters. The number of hydrogen-bond donors (Lipinski definition) is 1. The summed E-state index contributed by atoms with van der Waals surface area (Å²) in [5.74, 6) is 7.56. The summed E-state index contributed by atoms with van der Waals surface area (Å²) >= 11 is 0. The van der Waals surface area contributed by atoms with Gasteiger partial charge < -0.3 is 14.8 Å². The molecule has 0 amide bonds. The summed E-state index contributed by atoms with van der Waals surface area (Å²) in [4.78, 5) is 0. The molecule has 0 radical (unpaired) electrons. The molecule has 0 aliphatic carbocycles. The first-order valence-electron chi connectivity index (χ1n) is 5.93. The Labute approximate surface area is 102 Å². The van der Waals surface area contributed by atoms with Gasteiger partial charge in [0.15, 0.2) is 11.5 Å². The molecule has 3 nitrogen and oxygen atoms in total. The second-order valence-corrected chi connectivity index (χ2v) is 3.82. The monoisotopic (exact) mass is 231 g/mol. The summed E-state index contributed by atoms with van der Waals surface area (Å²) in [7, 11) is 0. The summed E-state index contributed by atoms with van der Waals surface area (Å²) in [5, 5.41) is 3.31. The molecule has 1 aromatic rings. The highest BCUT2D eigenvalue weighted by Crippen LogP contribution is 2.32. The number of benzene rings is 1. The van der Waals surface area contributed by atoms with Crippen molar-refractivity contribution in [3.63, 3.8) is 0 Å². The molecule has 0 bridgehead atoms. The Kier molecular flexibility index (Phi) is 4.15. The smallest absolute Gasteiger partial charge is 0.163 e. The Hall–Kier alpha value is -1.82. The maximum Gasteiger partial charge on any atom is 0.163 e. The third-order valence-corrected chi connectivity index (χ3v) is 2.50. The topological polar surface area (TPSA) is 30.5 Å². The number of fused-ring (bicyclic) bond motifs is 1. The highest BCUT2D eigenvalue weighted by Gasteiger charge is 2.10. The summed E-state index contributed by atoms with van der Waals surface area (Å²) in [6.07, 6.45) is 1.79. The van der Waals surface area contributed by atoms with Crippen molar-refractivity contribution < 1.29 is 9.47 Å². The van der Waals surface area contributed by atoms with Crippen molar-refractivity contribution in [1.29, 1.82) is 0 Å². The zero-order valence-electron chi connectivity index (χ0n) is 10.1. The van der Waals surface area contributed by atoms with E-state index in [-0.39, 0.29) is 0 Å². The molecule has 1 aliphatic rings. The van der Waals surface area contributed by atoms with Gasteiger partial charge in [0.1, 0.15) is 0 Å². The van der Waals surface area contributed by atoms with Gasteiger partial charge in [0.2, 0.25) is 0 Å². The predicted molar refractivity (Wildman–Crippen MR) is 68.6 cm³/mol. The van der Waals surface area contributed by atoms with Crippen LogP contribution in [-0.4, -0.2) is 19.8 Å². The van der Waals surface area contributed by atoms with Gasteiger partial charge in [0.05, 0.1) is 13.2 Å². The van der Waals surface area contributed by atoms with Gasteiger partial charge in [-0.15, -0.1) is 11.8 Å². The number of nitrogens with one attached hydrogen (secondary N) is 1. The van der Waals surface area contributed by atoms with Gasteiger partial charge >= 0.3 is 0 Å². The second kappa shape index (κ2) is 6.05. The molecule has 90 valence electrons. The van der Waals surface area contributed by atoms with Crippen molar-refractivity contribution in [2.45, 2.75) is 19.8 Å². The van der Waals surface area contributed by atoms with E-state index < -0.39 is 0 Å². The molecule has 3 heteroatoms. The van der Waals surface area contributed by atoms with Crippen LogP contribution in [-0.2, 0) is 0 Å². The number of anilines is 1. The Morgan fingerprint density at radius 1 is 1.24 bits per heavy atom. The molecule has 0 atom stereocenters. The summed E-state index contributed by atoms with van der Waals surface area (Å²) in [6, 6.07) is 5.95. The maximum atomic E-state index is 5.62. The Morgan fingerprint density at radius 2 is 2.06 bits per heavy atom. The van der Waals surface area contributed by atoms with Crippen LogP contribution in [0.25, 0.3) is 0 Å². The minimum absolute atomic E-state index is 0.720. The lowest BCUT2D eigenvalue weighted by molar-refractivity contribution is 0.297. The fraction of sp³-hybridized carbons (Fsp3) is 0.429. The van der Waals surface area contributed by atoms with Crippen molar-refractivity contribution in [3.8, 4) is 23.3 Å².